The second-order valence-corrected chi connectivity index (χ2v) is 13.6. The maximum Gasteiger partial charge on any atom is 0.163 e. The molecule has 0 spiro atoms. The largest absolute Gasteiger partial charge is 0.382 e. The smallest absolute Gasteiger partial charge is 0.163 e. The minimum absolute atomic E-state index is 0.0363. The number of allylic oxidation sites excluding steroid dienone is 4. The highest BCUT2D eigenvalue weighted by molar-refractivity contribution is 6.23. The van der Waals surface area contributed by atoms with Crippen LogP contribution in [0.1, 0.15) is 77.3 Å². The normalized spacial score (nSPS) is 21.1. The lowest BCUT2D eigenvalue weighted by Gasteiger charge is -2.31. The highest BCUT2D eigenvalue weighted by atomic mass is 15.1. The molecule has 4 aliphatic heterocycles. The van der Waals surface area contributed by atoms with Gasteiger partial charge in [0.25, 0.3) is 0 Å². The molecule has 2 saturated heterocycles. The van der Waals surface area contributed by atoms with Crippen LogP contribution in [0.25, 0.3) is 0 Å². The number of nitrogens with zero attached hydrogens (tertiary/aromatic N) is 5. The summed E-state index contributed by atoms with van der Waals surface area (Å²) in [5.74, 6) is 1.50. The highest BCUT2D eigenvalue weighted by Crippen LogP contribution is 2.38. The molecule has 45 heavy (non-hydrogen) atoms. The van der Waals surface area contributed by atoms with E-state index in [4.69, 9.17) is 15.0 Å². The van der Waals surface area contributed by atoms with Gasteiger partial charge in [0, 0.05) is 72.1 Å². The van der Waals surface area contributed by atoms with Crippen molar-refractivity contribution in [3.63, 3.8) is 0 Å². The number of benzene rings is 2. The number of anilines is 4. The van der Waals surface area contributed by atoms with E-state index in [1.54, 1.807) is 0 Å². The zero-order valence-corrected chi connectivity index (χ0v) is 27.3. The number of piperidine rings is 2. The van der Waals surface area contributed by atoms with E-state index in [2.05, 4.69) is 109 Å². The molecule has 1 unspecified atom stereocenters. The molecule has 0 radical (unpaired) electrons. The molecule has 1 aliphatic carbocycles. The Labute approximate surface area is 268 Å². The summed E-state index contributed by atoms with van der Waals surface area (Å²) >= 11 is 0. The van der Waals surface area contributed by atoms with Crippen molar-refractivity contribution in [1.82, 2.24) is 0 Å². The third-order valence-corrected chi connectivity index (χ3v) is 9.29. The van der Waals surface area contributed by atoms with Crippen molar-refractivity contribution in [1.29, 1.82) is 0 Å². The minimum Gasteiger partial charge on any atom is -0.382 e. The molecule has 7 heteroatoms. The molecule has 7 nitrogen and oxygen atoms in total. The van der Waals surface area contributed by atoms with Crippen LogP contribution in [0.2, 0.25) is 0 Å². The molecule has 2 aromatic carbocycles. The lowest BCUT2D eigenvalue weighted by Crippen LogP contribution is -2.30. The number of dihydropyridines is 1. The highest BCUT2D eigenvalue weighted by Gasteiger charge is 2.34. The summed E-state index contributed by atoms with van der Waals surface area (Å²) in [6.07, 6.45) is 16.3. The summed E-state index contributed by atoms with van der Waals surface area (Å²) in [5, 5.41) is 7.43. The Hall–Kier alpha value is -4.13. The van der Waals surface area contributed by atoms with Crippen molar-refractivity contribution in [2.24, 2.45) is 20.9 Å². The third kappa shape index (κ3) is 6.22. The number of rotatable bonds is 8. The monoisotopic (exact) mass is 601 g/mol. The van der Waals surface area contributed by atoms with Gasteiger partial charge >= 0.3 is 0 Å². The van der Waals surface area contributed by atoms with Gasteiger partial charge in [-0.25, -0.2) is 15.0 Å². The summed E-state index contributed by atoms with van der Waals surface area (Å²) in [4.78, 5) is 20.6. The second kappa shape index (κ2) is 12.7. The quantitative estimate of drug-likeness (QED) is 0.322. The van der Waals surface area contributed by atoms with Crippen LogP contribution in [-0.2, 0) is 0 Å². The average Bonchev–Trinajstić information content (AvgIpc) is 3.05. The van der Waals surface area contributed by atoms with Gasteiger partial charge in [-0.1, -0.05) is 12.2 Å². The molecule has 0 amide bonds. The number of aliphatic imine (C=N–C) groups is 3. The summed E-state index contributed by atoms with van der Waals surface area (Å²) in [7, 11) is 0. The SMILES string of the molecule is CC(C)Nc1cc(N2CCCCC2)ccc1C1=NC2=NC(c3ccc(N4CCCCC4)cc3NC(C)C)=NC3=CC=CC(=C1)C32. The van der Waals surface area contributed by atoms with Gasteiger partial charge in [-0.3, -0.25) is 0 Å². The van der Waals surface area contributed by atoms with Crippen LogP contribution in [0.5, 0.6) is 0 Å². The van der Waals surface area contributed by atoms with E-state index in [1.165, 1.54) is 55.5 Å². The average molecular weight is 602 g/mol. The van der Waals surface area contributed by atoms with Crippen molar-refractivity contribution in [3.8, 4) is 0 Å². The van der Waals surface area contributed by atoms with Crippen LogP contribution < -0.4 is 20.4 Å². The first-order valence-electron chi connectivity index (χ1n) is 17.1. The molecular formula is C38H47N7. The van der Waals surface area contributed by atoms with Crippen molar-refractivity contribution >= 4 is 40.1 Å². The Morgan fingerprint density at radius 2 is 1.27 bits per heavy atom. The minimum atomic E-state index is -0.0363. The van der Waals surface area contributed by atoms with Crippen LogP contribution in [0.15, 0.2) is 86.9 Å². The van der Waals surface area contributed by atoms with Crippen molar-refractivity contribution in [2.45, 2.75) is 78.3 Å². The standard InChI is InChI=1S/C38H47N7/c1-25(2)39-34-23-28(44-18-7-5-8-19-44)14-16-30(34)33-22-27-12-11-13-32-36(27)38(42-33)43-37(41-32)31-17-15-29(24-35(31)40-26(3)4)45-20-9-6-10-21-45/h11-17,22-26,36,39-40H,5-10,18-21H2,1-4H3. The van der Waals surface area contributed by atoms with Gasteiger partial charge in [0.1, 0.15) is 5.84 Å². The molecule has 0 saturated carbocycles. The van der Waals surface area contributed by atoms with E-state index < -0.39 is 0 Å². The molecule has 4 heterocycles. The molecule has 5 aliphatic rings. The summed E-state index contributed by atoms with van der Waals surface area (Å²) in [5.41, 5.74) is 10.0. The number of amidine groups is 2. The first-order valence-corrected chi connectivity index (χ1v) is 17.1. The van der Waals surface area contributed by atoms with Gasteiger partial charge in [-0.15, -0.1) is 0 Å². The van der Waals surface area contributed by atoms with Crippen LogP contribution in [-0.4, -0.2) is 55.6 Å². The van der Waals surface area contributed by atoms with Crippen molar-refractivity contribution < 1.29 is 0 Å². The Kier molecular flexibility index (Phi) is 8.35. The lowest BCUT2D eigenvalue weighted by atomic mass is 9.85. The first-order chi connectivity index (χ1) is 21.9. The second-order valence-electron chi connectivity index (χ2n) is 13.6. The molecule has 0 aromatic heterocycles. The van der Waals surface area contributed by atoms with Gasteiger partial charge in [-0.05, 0) is 120 Å². The third-order valence-electron chi connectivity index (χ3n) is 9.29. The van der Waals surface area contributed by atoms with Crippen LogP contribution >= 0.6 is 0 Å². The molecule has 2 aromatic rings. The topological polar surface area (TPSA) is 67.6 Å². The predicted molar refractivity (Wildman–Crippen MR) is 192 cm³/mol. The fourth-order valence-corrected chi connectivity index (χ4v) is 7.16. The first kappa shape index (κ1) is 29.6. The van der Waals surface area contributed by atoms with E-state index in [9.17, 15) is 0 Å². The van der Waals surface area contributed by atoms with E-state index in [0.29, 0.717) is 6.04 Å². The molecule has 2 N–H and O–H groups in total. The maximum atomic E-state index is 5.28. The Balaban J connectivity index is 1.28. The van der Waals surface area contributed by atoms with E-state index >= 15 is 0 Å². The molecule has 7 rings (SSSR count). The van der Waals surface area contributed by atoms with Crippen molar-refractivity contribution in [2.75, 3.05) is 46.6 Å². The Morgan fingerprint density at radius 1 is 0.689 bits per heavy atom. The Bertz CT molecular complexity index is 1550. The predicted octanol–water partition coefficient (Wildman–Crippen LogP) is 7.97. The molecular weight excluding hydrogens is 554 g/mol. The molecule has 1 atom stereocenters. The Morgan fingerprint density at radius 3 is 1.87 bits per heavy atom. The number of hydrogen-bond acceptors (Lipinski definition) is 7. The maximum absolute atomic E-state index is 5.28. The molecule has 234 valence electrons. The van der Waals surface area contributed by atoms with Gasteiger partial charge in [0.15, 0.2) is 5.84 Å². The fourth-order valence-electron chi connectivity index (χ4n) is 7.16. The van der Waals surface area contributed by atoms with Gasteiger partial charge in [-0.2, -0.15) is 0 Å². The van der Waals surface area contributed by atoms with Crippen LogP contribution in [0, 0.1) is 5.92 Å². The zero-order valence-electron chi connectivity index (χ0n) is 27.3. The van der Waals surface area contributed by atoms with E-state index in [1.807, 2.05) is 0 Å². The molecule has 2 fully saturated rings. The van der Waals surface area contributed by atoms with Gasteiger partial charge in [0.05, 0.1) is 17.3 Å². The zero-order chi connectivity index (χ0) is 30.9. The summed E-state index contributed by atoms with van der Waals surface area (Å²) in [6.45, 7) is 13.2. The van der Waals surface area contributed by atoms with E-state index in [0.717, 1.165) is 71.8 Å². The van der Waals surface area contributed by atoms with E-state index in [-0.39, 0.29) is 12.0 Å². The lowest BCUT2D eigenvalue weighted by molar-refractivity contribution is 0.578. The molecule has 0 bridgehead atoms. The number of hydrogen-bond donors (Lipinski definition) is 2. The summed E-state index contributed by atoms with van der Waals surface area (Å²) < 4.78 is 0. The van der Waals surface area contributed by atoms with Gasteiger partial charge < -0.3 is 20.4 Å². The van der Waals surface area contributed by atoms with Gasteiger partial charge in [0.2, 0.25) is 0 Å². The summed E-state index contributed by atoms with van der Waals surface area (Å²) in [6, 6.07) is 14.2. The fraction of sp³-hybridized carbons (Fsp3) is 0.447. The van der Waals surface area contributed by atoms with Crippen molar-refractivity contribution in [3.05, 3.63) is 83.1 Å². The number of nitrogens with one attached hydrogen (secondary N) is 2. The van der Waals surface area contributed by atoms with Crippen LogP contribution in [0.3, 0.4) is 0 Å². The van der Waals surface area contributed by atoms with Crippen LogP contribution in [0.4, 0.5) is 22.7 Å².